The molecule has 0 saturated heterocycles. The Kier molecular flexibility index (Phi) is 10.3. The predicted octanol–water partition coefficient (Wildman–Crippen LogP) is 18.1. The van der Waals surface area contributed by atoms with Gasteiger partial charge in [-0.3, -0.25) is 0 Å². The van der Waals surface area contributed by atoms with E-state index in [2.05, 4.69) is 278 Å². The number of fused-ring (bicyclic) bond motifs is 3. The molecule has 1 aromatic heterocycles. The standard InChI is InChI=1S/C66H45N/c1-6-22-46(23-7-1)50-40-51(47-24-8-2-9-25-47)43-54(42-50)57-32-16-18-34-59(57)61-36-20-38-63-64-39-21-37-62(66(64)67(65(61)63)56-30-14-5-15-31-56)60-35-19-17-33-58(60)55-44-52(48-26-10-3-11-27-48)41-53(45-55)49-28-12-4-13-29-49/h1-45H. The van der Waals surface area contributed by atoms with Gasteiger partial charge in [0.15, 0.2) is 0 Å². The molecular formula is C66H45N. The summed E-state index contributed by atoms with van der Waals surface area (Å²) in [5.74, 6) is 0. The van der Waals surface area contributed by atoms with Crippen LogP contribution in [0.15, 0.2) is 273 Å². The van der Waals surface area contributed by atoms with Crippen molar-refractivity contribution in [2.45, 2.75) is 0 Å². The molecule has 0 unspecified atom stereocenters. The molecule has 0 N–H and O–H groups in total. The van der Waals surface area contributed by atoms with E-state index in [0.29, 0.717) is 0 Å². The van der Waals surface area contributed by atoms with E-state index in [0.717, 1.165) is 5.69 Å². The maximum atomic E-state index is 2.52. The molecule has 0 radical (unpaired) electrons. The van der Waals surface area contributed by atoms with Crippen LogP contribution in [0.4, 0.5) is 0 Å². The molecule has 0 atom stereocenters. The molecule has 11 aromatic carbocycles. The minimum atomic E-state index is 1.12. The van der Waals surface area contributed by atoms with Crippen molar-refractivity contribution in [3.05, 3.63) is 273 Å². The van der Waals surface area contributed by atoms with E-state index in [4.69, 9.17) is 0 Å². The van der Waals surface area contributed by atoms with Crippen LogP contribution < -0.4 is 0 Å². The second-order valence-electron chi connectivity index (χ2n) is 17.2. The molecule has 0 amide bonds. The number of hydrogen-bond acceptors (Lipinski definition) is 0. The monoisotopic (exact) mass is 851 g/mol. The van der Waals surface area contributed by atoms with Crippen molar-refractivity contribution in [3.63, 3.8) is 0 Å². The number of aromatic nitrogens is 1. The molecule has 0 fully saturated rings. The summed E-state index contributed by atoms with van der Waals surface area (Å²) in [5, 5.41) is 2.43. The first-order chi connectivity index (χ1) is 33.2. The lowest BCUT2D eigenvalue weighted by molar-refractivity contribution is 1.18. The summed E-state index contributed by atoms with van der Waals surface area (Å²) in [5.41, 5.74) is 22.5. The van der Waals surface area contributed by atoms with Gasteiger partial charge < -0.3 is 4.57 Å². The first-order valence-electron chi connectivity index (χ1n) is 23.1. The second-order valence-corrected chi connectivity index (χ2v) is 17.2. The van der Waals surface area contributed by atoms with Gasteiger partial charge >= 0.3 is 0 Å². The normalized spacial score (nSPS) is 11.3. The summed E-state index contributed by atoms with van der Waals surface area (Å²) in [4.78, 5) is 0. The van der Waals surface area contributed by atoms with Gasteiger partial charge in [0.05, 0.1) is 11.0 Å². The van der Waals surface area contributed by atoms with E-state index in [-0.39, 0.29) is 0 Å². The van der Waals surface area contributed by atoms with Crippen LogP contribution in [0, 0.1) is 0 Å². The van der Waals surface area contributed by atoms with E-state index in [1.54, 1.807) is 0 Å². The maximum absolute atomic E-state index is 2.52. The molecule has 67 heavy (non-hydrogen) atoms. The fourth-order valence-electron chi connectivity index (χ4n) is 10.1. The average Bonchev–Trinajstić information content (AvgIpc) is 3.77. The number of hydrogen-bond donors (Lipinski definition) is 0. The van der Waals surface area contributed by atoms with Crippen LogP contribution in [0.25, 0.3) is 117 Å². The van der Waals surface area contributed by atoms with Gasteiger partial charge in [0.2, 0.25) is 0 Å². The quantitative estimate of drug-likeness (QED) is 0.136. The van der Waals surface area contributed by atoms with Crippen LogP contribution >= 0.6 is 0 Å². The SMILES string of the molecule is c1ccc(-c2cc(-c3ccccc3)cc(-c3ccccc3-c3cccc4c5cccc(-c6ccccc6-c6cc(-c7ccccc7)cc(-c7ccccc7)c6)c5n(-c5ccccc5)c34)c2)cc1. The zero-order valence-corrected chi connectivity index (χ0v) is 36.9. The Hall–Kier alpha value is -8.78. The van der Waals surface area contributed by atoms with Gasteiger partial charge in [-0.15, -0.1) is 0 Å². The zero-order valence-electron chi connectivity index (χ0n) is 36.9. The van der Waals surface area contributed by atoms with Gasteiger partial charge in [-0.1, -0.05) is 224 Å². The van der Waals surface area contributed by atoms with Crippen molar-refractivity contribution in [1.82, 2.24) is 4.57 Å². The summed E-state index contributed by atoms with van der Waals surface area (Å²) in [6, 6.07) is 99.6. The van der Waals surface area contributed by atoms with Gasteiger partial charge in [-0.2, -0.15) is 0 Å². The predicted molar refractivity (Wildman–Crippen MR) is 284 cm³/mol. The molecule has 1 nitrogen and oxygen atoms in total. The van der Waals surface area contributed by atoms with Crippen LogP contribution in [0.2, 0.25) is 0 Å². The Labute approximate surface area is 392 Å². The Balaban J connectivity index is 1.10. The first kappa shape index (κ1) is 39.8. The number of nitrogens with zero attached hydrogens (tertiary/aromatic N) is 1. The van der Waals surface area contributed by atoms with Gasteiger partial charge in [0.1, 0.15) is 0 Å². The van der Waals surface area contributed by atoms with Gasteiger partial charge in [0, 0.05) is 27.6 Å². The topological polar surface area (TPSA) is 4.93 Å². The Morgan fingerprint density at radius 1 is 0.179 bits per heavy atom. The molecule has 0 saturated carbocycles. The molecule has 1 heteroatoms. The van der Waals surface area contributed by atoms with Crippen LogP contribution in [-0.4, -0.2) is 4.57 Å². The van der Waals surface area contributed by atoms with Crippen molar-refractivity contribution in [2.75, 3.05) is 0 Å². The smallest absolute Gasteiger partial charge is 0.0619 e. The van der Waals surface area contributed by atoms with Crippen molar-refractivity contribution < 1.29 is 0 Å². The van der Waals surface area contributed by atoms with Crippen molar-refractivity contribution in [3.8, 4) is 94.7 Å². The average molecular weight is 852 g/mol. The van der Waals surface area contributed by atoms with E-state index < -0.39 is 0 Å². The van der Waals surface area contributed by atoms with Gasteiger partial charge in [-0.05, 0) is 126 Å². The van der Waals surface area contributed by atoms with Crippen LogP contribution in [0.1, 0.15) is 0 Å². The Morgan fingerprint density at radius 2 is 0.448 bits per heavy atom. The van der Waals surface area contributed by atoms with E-state index in [1.165, 1.54) is 111 Å². The number of rotatable bonds is 9. The maximum Gasteiger partial charge on any atom is 0.0619 e. The lowest BCUT2D eigenvalue weighted by atomic mass is 9.89. The highest BCUT2D eigenvalue weighted by Gasteiger charge is 2.23. The molecule has 0 aliphatic rings. The van der Waals surface area contributed by atoms with Crippen LogP contribution in [0.5, 0.6) is 0 Å². The molecule has 12 rings (SSSR count). The summed E-state index contributed by atoms with van der Waals surface area (Å²) >= 11 is 0. The lowest BCUT2D eigenvalue weighted by Crippen LogP contribution is -1.98. The minimum absolute atomic E-state index is 1.12. The molecule has 314 valence electrons. The Morgan fingerprint density at radius 3 is 0.791 bits per heavy atom. The third kappa shape index (κ3) is 7.43. The third-order valence-electron chi connectivity index (χ3n) is 13.2. The highest BCUT2D eigenvalue weighted by molar-refractivity contribution is 6.18. The molecule has 0 aliphatic carbocycles. The molecule has 0 spiro atoms. The zero-order chi connectivity index (χ0) is 44.5. The fraction of sp³-hybridized carbons (Fsp3) is 0. The highest BCUT2D eigenvalue weighted by Crippen LogP contribution is 2.47. The summed E-state index contributed by atoms with van der Waals surface area (Å²) in [7, 11) is 0. The lowest BCUT2D eigenvalue weighted by Gasteiger charge is -2.18. The molecule has 0 bridgehead atoms. The molecular weight excluding hydrogens is 807 g/mol. The van der Waals surface area contributed by atoms with E-state index >= 15 is 0 Å². The van der Waals surface area contributed by atoms with Gasteiger partial charge in [0.25, 0.3) is 0 Å². The summed E-state index contributed by atoms with van der Waals surface area (Å²) < 4.78 is 2.52. The summed E-state index contributed by atoms with van der Waals surface area (Å²) in [6.07, 6.45) is 0. The fourth-order valence-corrected chi connectivity index (χ4v) is 10.1. The van der Waals surface area contributed by atoms with Crippen molar-refractivity contribution >= 4 is 21.8 Å². The van der Waals surface area contributed by atoms with Crippen molar-refractivity contribution in [1.29, 1.82) is 0 Å². The van der Waals surface area contributed by atoms with Crippen LogP contribution in [-0.2, 0) is 0 Å². The second kappa shape index (κ2) is 17.3. The minimum Gasteiger partial charge on any atom is -0.308 e. The van der Waals surface area contributed by atoms with Crippen LogP contribution in [0.3, 0.4) is 0 Å². The summed E-state index contributed by atoms with van der Waals surface area (Å²) in [6.45, 7) is 0. The molecule has 1 heterocycles. The first-order valence-corrected chi connectivity index (χ1v) is 23.1. The van der Waals surface area contributed by atoms with Gasteiger partial charge in [-0.25, -0.2) is 0 Å². The largest absolute Gasteiger partial charge is 0.308 e. The van der Waals surface area contributed by atoms with E-state index in [9.17, 15) is 0 Å². The molecule has 0 aliphatic heterocycles. The Bertz CT molecular complexity index is 3360. The third-order valence-corrected chi connectivity index (χ3v) is 13.2. The highest BCUT2D eigenvalue weighted by atomic mass is 15.0. The molecule has 12 aromatic rings. The number of benzene rings is 11. The van der Waals surface area contributed by atoms with Crippen molar-refractivity contribution in [2.24, 2.45) is 0 Å². The number of para-hydroxylation sites is 3. The van der Waals surface area contributed by atoms with E-state index in [1.807, 2.05) is 0 Å².